The Hall–Kier alpha value is -1.98. The summed E-state index contributed by atoms with van der Waals surface area (Å²) in [5.41, 5.74) is 2.20. The monoisotopic (exact) mass is 299 g/mol. The number of rotatable bonds is 4. The standard InChI is InChI=1S/C17H21N3O2/c1-2-19-7-9-20(10-8-19)12-15-5-3-13-11-14(17(21)22)4-6-16(13)18-15/h3-6,11H,2,7-10,12H2,1H3,(H,21,22). The topological polar surface area (TPSA) is 56.7 Å². The fraction of sp³-hybridized carbons (Fsp3) is 0.412. The Kier molecular flexibility index (Phi) is 4.36. The molecule has 0 atom stereocenters. The van der Waals surface area contributed by atoms with Crippen molar-refractivity contribution in [1.82, 2.24) is 14.8 Å². The Labute approximate surface area is 130 Å². The number of carboxylic acids is 1. The molecule has 2 aromatic rings. The van der Waals surface area contributed by atoms with E-state index in [9.17, 15) is 4.79 Å². The van der Waals surface area contributed by atoms with Crippen LogP contribution < -0.4 is 0 Å². The molecular formula is C17H21N3O2. The van der Waals surface area contributed by atoms with Crippen LogP contribution in [0.4, 0.5) is 0 Å². The number of likely N-dealkylation sites (N-methyl/N-ethyl adjacent to an activating group) is 1. The normalized spacial score (nSPS) is 17.0. The van der Waals surface area contributed by atoms with Crippen LogP contribution in [0.3, 0.4) is 0 Å². The molecule has 1 fully saturated rings. The van der Waals surface area contributed by atoms with Gasteiger partial charge in [0.05, 0.1) is 16.8 Å². The Morgan fingerprint density at radius 2 is 1.86 bits per heavy atom. The molecule has 0 radical (unpaired) electrons. The average Bonchev–Trinajstić information content (AvgIpc) is 2.55. The van der Waals surface area contributed by atoms with Gasteiger partial charge in [-0.3, -0.25) is 9.88 Å². The van der Waals surface area contributed by atoms with Gasteiger partial charge in [-0.15, -0.1) is 0 Å². The van der Waals surface area contributed by atoms with Crippen molar-refractivity contribution in [3.05, 3.63) is 41.6 Å². The van der Waals surface area contributed by atoms with E-state index >= 15 is 0 Å². The molecule has 1 N–H and O–H groups in total. The highest BCUT2D eigenvalue weighted by Crippen LogP contribution is 2.16. The van der Waals surface area contributed by atoms with Gasteiger partial charge < -0.3 is 10.0 Å². The number of aromatic carboxylic acids is 1. The molecule has 5 heteroatoms. The molecule has 5 nitrogen and oxygen atoms in total. The number of benzene rings is 1. The largest absolute Gasteiger partial charge is 0.478 e. The first-order valence-corrected chi connectivity index (χ1v) is 7.73. The predicted molar refractivity (Wildman–Crippen MR) is 86.1 cm³/mol. The molecule has 0 unspecified atom stereocenters. The van der Waals surface area contributed by atoms with Crippen molar-refractivity contribution in [2.24, 2.45) is 0 Å². The number of carboxylic acid groups (broad SMARTS) is 1. The summed E-state index contributed by atoms with van der Waals surface area (Å²) in [6.45, 7) is 8.56. The lowest BCUT2D eigenvalue weighted by molar-refractivity contribution is 0.0697. The Balaban J connectivity index is 1.72. The van der Waals surface area contributed by atoms with E-state index in [1.54, 1.807) is 18.2 Å². The molecule has 3 rings (SSSR count). The van der Waals surface area contributed by atoms with Crippen molar-refractivity contribution in [3.8, 4) is 0 Å². The molecule has 116 valence electrons. The predicted octanol–water partition coefficient (Wildman–Crippen LogP) is 2.07. The van der Waals surface area contributed by atoms with Crippen LogP contribution in [0.25, 0.3) is 10.9 Å². The lowest BCUT2D eigenvalue weighted by atomic mass is 10.1. The molecule has 1 aliphatic rings. The summed E-state index contributed by atoms with van der Waals surface area (Å²) >= 11 is 0. The average molecular weight is 299 g/mol. The van der Waals surface area contributed by atoms with Crippen LogP contribution in [0.15, 0.2) is 30.3 Å². The minimum atomic E-state index is -0.903. The number of pyridine rings is 1. The lowest BCUT2D eigenvalue weighted by Crippen LogP contribution is -2.45. The van der Waals surface area contributed by atoms with E-state index in [1.165, 1.54) is 0 Å². The second-order valence-corrected chi connectivity index (χ2v) is 5.73. The van der Waals surface area contributed by atoms with E-state index in [4.69, 9.17) is 5.11 Å². The number of hydrogen-bond donors (Lipinski definition) is 1. The lowest BCUT2D eigenvalue weighted by Gasteiger charge is -2.33. The molecule has 0 amide bonds. The number of hydrogen-bond acceptors (Lipinski definition) is 4. The van der Waals surface area contributed by atoms with Gasteiger partial charge in [0.1, 0.15) is 0 Å². The van der Waals surface area contributed by atoms with Gasteiger partial charge in [-0.25, -0.2) is 4.79 Å². The molecule has 1 aliphatic heterocycles. The molecule has 1 saturated heterocycles. The number of piperazine rings is 1. The van der Waals surface area contributed by atoms with Crippen molar-refractivity contribution >= 4 is 16.9 Å². The van der Waals surface area contributed by atoms with E-state index < -0.39 is 5.97 Å². The second-order valence-electron chi connectivity index (χ2n) is 5.73. The fourth-order valence-electron chi connectivity index (χ4n) is 2.88. The summed E-state index contributed by atoms with van der Waals surface area (Å²) in [6.07, 6.45) is 0. The van der Waals surface area contributed by atoms with Crippen LogP contribution in [0, 0.1) is 0 Å². The summed E-state index contributed by atoms with van der Waals surface area (Å²) in [5, 5.41) is 9.90. The summed E-state index contributed by atoms with van der Waals surface area (Å²) in [6, 6.07) is 9.04. The zero-order valence-corrected chi connectivity index (χ0v) is 12.8. The third-order valence-electron chi connectivity index (χ3n) is 4.29. The van der Waals surface area contributed by atoms with Gasteiger partial charge in [-0.2, -0.15) is 0 Å². The van der Waals surface area contributed by atoms with Gasteiger partial charge in [0.25, 0.3) is 0 Å². The van der Waals surface area contributed by atoms with Crippen molar-refractivity contribution in [2.45, 2.75) is 13.5 Å². The van der Waals surface area contributed by atoms with Crippen molar-refractivity contribution in [3.63, 3.8) is 0 Å². The number of carbonyl (C=O) groups is 1. The Morgan fingerprint density at radius 1 is 1.14 bits per heavy atom. The molecule has 1 aromatic carbocycles. The van der Waals surface area contributed by atoms with Crippen molar-refractivity contribution < 1.29 is 9.90 Å². The quantitative estimate of drug-likeness (QED) is 0.936. The maximum atomic E-state index is 11.0. The smallest absolute Gasteiger partial charge is 0.335 e. The van der Waals surface area contributed by atoms with Gasteiger partial charge in [0, 0.05) is 38.1 Å². The van der Waals surface area contributed by atoms with E-state index in [2.05, 4.69) is 21.7 Å². The Morgan fingerprint density at radius 3 is 2.55 bits per heavy atom. The summed E-state index contributed by atoms with van der Waals surface area (Å²) in [5.74, 6) is -0.903. The van der Waals surface area contributed by atoms with Gasteiger partial charge in [-0.05, 0) is 30.8 Å². The van der Waals surface area contributed by atoms with Crippen LogP contribution in [0.1, 0.15) is 23.0 Å². The van der Waals surface area contributed by atoms with E-state index in [-0.39, 0.29) is 0 Å². The molecule has 0 aliphatic carbocycles. The number of nitrogens with zero attached hydrogens (tertiary/aromatic N) is 3. The maximum Gasteiger partial charge on any atom is 0.335 e. The fourth-order valence-corrected chi connectivity index (χ4v) is 2.88. The zero-order valence-electron chi connectivity index (χ0n) is 12.8. The van der Waals surface area contributed by atoms with Crippen LogP contribution in [-0.4, -0.2) is 58.6 Å². The van der Waals surface area contributed by atoms with Gasteiger partial charge >= 0.3 is 5.97 Å². The third kappa shape index (κ3) is 3.26. The highest BCUT2D eigenvalue weighted by molar-refractivity contribution is 5.93. The van der Waals surface area contributed by atoms with Crippen molar-refractivity contribution in [2.75, 3.05) is 32.7 Å². The first-order valence-electron chi connectivity index (χ1n) is 7.73. The SMILES string of the molecule is CCN1CCN(Cc2ccc3cc(C(=O)O)ccc3n2)CC1. The molecule has 0 bridgehead atoms. The van der Waals surface area contributed by atoms with Crippen LogP contribution in [-0.2, 0) is 6.54 Å². The van der Waals surface area contributed by atoms with Gasteiger partial charge in [0.15, 0.2) is 0 Å². The van der Waals surface area contributed by atoms with Crippen LogP contribution in [0.2, 0.25) is 0 Å². The van der Waals surface area contributed by atoms with E-state index in [1.807, 2.05) is 12.1 Å². The molecule has 0 spiro atoms. The highest BCUT2D eigenvalue weighted by Gasteiger charge is 2.16. The number of fused-ring (bicyclic) bond motifs is 1. The minimum Gasteiger partial charge on any atom is -0.478 e. The third-order valence-corrected chi connectivity index (χ3v) is 4.29. The maximum absolute atomic E-state index is 11.0. The summed E-state index contributed by atoms with van der Waals surface area (Å²) < 4.78 is 0. The Bertz CT molecular complexity index is 679. The molecule has 22 heavy (non-hydrogen) atoms. The van der Waals surface area contributed by atoms with Crippen LogP contribution >= 0.6 is 0 Å². The molecule has 1 aromatic heterocycles. The van der Waals surface area contributed by atoms with Gasteiger partial charge in [-0.1, -0.05) is 13.0 Å². The molecule has 2 heterocycles. The first kappa shape index (κ1) is 14.9. The first-order chi connectivity index (χ1) is 10.7. The van der Waals surface area contributed by atoms with E-state index in [0.717, 1.165) is 55.9 Å². The van der Waals surface area contributed by atoms with Crippen molar-refractivity contribution in [1.29, 1.82) is 0 Å². The zero-order chi connectivity index (χ0) is 15.5. The number of aromatic nitrogens is 1. The highest BCUT2D eigenvalue weighted by atomic mass is 16.4. The molecular weight excluding hydrogens is 278 g/mol. The van der Waals surface area contributed by atoms with E-state index in [0.29, 0.717) is 5.56 Å². The van der Waals surface area contributed by atoms with Crippen LogP contribution in [0.5, 0.6) is 0 Å². The summed E-state index contributed by atoms with van der Waals surface area (Å²) in [4.78, 5) is 20.5. The minimum absolute atomic E-state index is 0.303. The van der Waals surface area contributed by atoms with Gasteiger partial charge in [0.2, 0.25) is 0 Å². The molecule has 0 saturated carbocycles. The second kappa shape index (κ2) is 6.42. The summed E-state index contributed by atoms with van der Waals surface area (Å²) in [7, 11) is 0.